The van der Waals surface area contributed by atoms with Crippen LogP contribution in [0.4, 0.5) is 0 Å². The van der Waals surface area contributed by atoms with Crippen molar-refractivity contribution in [3.05, 3.63) is 53.7 Å². The Morgan fingerprint density at radius 1 is 1.27 bits per heavy atom. The molecule has 2 N–H and O–H groups in total. The summed E-state index contributed by atoms with van der Waals surface area (Å²) >= 11 is 0. The van der Waals surface area contributed by atoms with Crippen LogP contribution >= 0.6 is 0 Å². The summed E-state index contributed by atoms with van der Waals surface area (Å²) in [5, 5.41) is 0. The van der Waals surface area contributed by atoms with Crippen molar-refractivity contribution in [1.82, 2.24) is 19.9 Å². The minimum Gasteiger partial charge on any atom is -0.444 e. The van der Waals surface area contributed by atoms with Crippen LogP contribution < -0.4 is 5.73 Å². The lowest BCUT2D eigenvalue weighted by Gasteiger charge is -2.30. The van der Waals surface area contributed by atoms with Gasteiger partial charge in [-0.25, -0.2) is 19.9 Å². The molecule has 0 aliphatic carbocycles. The third-order valence-corrected chi connectivity index (χ3v) is 3.44. The summed E-state index contributed by atoms with van der Waals surface area (Å²) in [6, 6.07) is 1.92. The monoisotopic (exact) mass is 298 g/mol. The molecule has 2 aromatic rings. The number of aliphatic imine (C=N–C) groups is 1. The van der Waals surface area contributed by atoms with E-state index in [2.05, 4.69) is 19.9 Å². The van der Waals surface area contributed by atoms with Gasteiger partial charge >= 0.3 is 0 Å². The highest BCUT2D eigenvalue weighted by atomic mass is 16.3. The van der Waals surface area contributed by atoms with E-state index < -0.39 is 0 Å². The second kappa shape index (κ2) is 5.59. The van der Waals surface area contributed by atoms with E-state index in [0.29, 0.717) is 24.0 Å². The van der Waals surface area contributed by atoms with Crippen LogP contribution in [0.25, 0.3) is 0 Å². The van der Waals surface area contributed by atoms with Gasteiger partial charge in [0.05, 0.1) is 18.8 Å². The fourth-order valence-corrected chi connectivity index (χ4v) is 2.49. The van der Waals surface area contributed by atoms with Gasteiger partial charge in [-0.1, -0.05) is 0 Å². The Hall–Kier alpha value is -2.70. The molecule has 0 radical (unpaired) electrons. The summed E-state index contributed by atoms with van der Waals surface area (Å²) in [5.74, 6) is 1.65. The molecular formula is C15H18N6O. The van der Waals surface area contributed by atoms with E-state index in [9.17, 15) is 0 Å². The van der Waals surface area contributed by atoms with Gasteiger partial charge in [-0.05, 0) is 26.8 Å². The lowest BCUT2D eigenvalue weighted by molar-refractivity contribution is 0.323. The predicted molar refractivity (Wildman–Crippen MR) is 81.8 cm³/mol. The molecule has 2 aromatic heterocycles. The first-order valence-corrected chi connectivity index (χ1v) is 7.05. The van der Waals surface area contributed by atoms with Gasteiger partial charge < -0.3 is 15.1 Å². The van der Waals surface area contributed by atoms with Gasteiger partial charge in [0.25, 0.3) is 0 Å². The van der Waals surface area contributed by atoms with E-state index >= 15 is 0 Å². The molecule has 0 saturated heterocycles. The van der Waals surface area contributed by atoms with Gasteiger partial charge in [0.2, 0.25) is 5.89 Å². The molecule has 114 valence electrons. The molecule has 1 aliphatic rings. The standard InChI is InChI=1S/C15H18N6O/c1-9-6-10(2)19-13(18-9)8-21-7-12(16)20-14(11(21)3)15-17-4-5-22-15/h4-7,11H,8,16H2,1-3H3. The number of hydrogen-bond acceptors (Lipinski definition) is 7. The highest BCUT2D eigenvalue weighted by molar-refractivity contribution is 6.01. The number of hydrogen-bond donors (Lipinski definition) is 1. The summed E-state index contributed by atoms with van der Waals surface area (Å²) in [6.07, 6.45) is 4.92. The summed E-state index contributed by atoms with van der Waals surface area (Å²) < 4.78 is 5.35. The first-order chi connectivity index (χ1) is 10.5. The normalized spacial score (nSPS) is 18.1. The zero-order chi connectivity index (χ0) is 15.7. The quantitative estimate of drug-likeness (QED) is 0.923. The van der Waals surface area contributed by atoms with Gasteiger partial charge in [-0.2, -0.15) is 0 Å². The molecule has 0 saturated carbocycles. The van der Waals surface area contributed by atoms with Crippen molar-refractivity contribution in [3.63, 3.8) is 0 Å². The SMILES string of the molecule is Cc1cc(C)nc(CN2C=C(N)N=C(c3ncco3)C2C)n1. The van der Waals surface area contributed by atoms with Crippen molar-refractivity contribution in [2.24, 2.45) is 10.7 Å². The zero-order valence-electron chi connectivity index (χ0n) is 12.8. The second-order valence-electron chi connectivity index (χ2n) is 5.30. The van der Waals surface area contributed by atoms with Crippen LogP contribution in [0.3, 0.4) is 0 Å². The average Bonchev–Trinajstić information content (AvgIpc) is 2.95. The van der Waals surface area contributed by atoms with E-state index in [4.69, 9.17) is 10.2 Å². The highest BCUT2D eigenvalue weighted by Gasteiger charge is 2.26. The van der Waals surface area contributed by atoms with E-state index in [1.165, 1.54) is 6.26 Å². The predicted octanol–water partition coefficient (Wildman–Crippen LogP) is 1.53. The van der Waals surface area contributed by atoms with Crippen LogP contribution in [-0.2, 0) is 6.54 Å². The molecule has 1 unspecified atom stereocenters. The maximum Gasteiger partial charge on any atom is 0.242 e. The van der Waals surface area contributed by atoms with Crippen molar-refractivity contribution in [3.8, 4) is 0 Å². The van der Waals surface area contributed by atoms with Crippen molar-refractivity contribution < 1.29 is 4.42 Å². The number of aryl methyl sites for hydroxylation is 2. The van der Waals surface area contributed by atoms with E-state index in [-0.39, 0.29) is 6.04 Å². The van der Waals surface area contributed by atoms with Gasteiger partial charge in [0.1, 0.15) is 23.6 Å². The third kappa shape index (κ3) is 2.83. The molecule has 1 aliphatic heterocycles. The first-order valence-electron chi connectivity index (χ1n) is 7.05. The van der Waals surface area contributed by atoms with Gasteiger partial charge in [-0.3, -0.25) is 0 Å². The van der Waals surface area contributed by atoms with Crippen molar-refractivity contribution in [2.75, 3.05) is 0 Å². The van der Waals surface area contributed by atoms with Crippen LogP contribution in [0.2, 0.25) is 0 Å². The number of nitrogens with two attached hydrogens (primary N) is 1. The van der Waals surface area contributed by atoms with E-state index in [0.717, 1.165) is 17.2 Å². The summed E-state index contributed by atoms with van der Waals surface area (Å²) in [6.45, 7) is 6.49. The molecule has 0 bridgehead atoms. The van der Waals surface area contributed by atoms with Gasteiger partial charge in [0.15, 0.2) is 0 Å². The van der Waals surface area contributed by atoms with Gasteiger partial charge in [0, 0.05) is 17.6 Å². The Morgan fingerprint density at radius 2 is 2.00 bits per heavy atom. The summed E-state index contributed by atoms with van der Waals surface area (Å²) in [5.41, 5.74) is 8.52. The van der Waals surface area contributed by atoms with Crippen LogP contribution in [0.1, 0.15) is 30.0 Å². The Kier molecular flexibility index (Phi) is 3.62. The minimum absolute atomic E-state index is 0.0321. The van der Waals surface area contributed by atoms with Gasteiger partial charge in [-0.15, -0.1) is 0 Å². The molecule has 3 heterocycles. The Labute approximate surface area is 128 Å². The third-order valence-electron chi connectivity index (χ3n) is 3.44. The fraction of sp³-hybridized carbons (Fsp3) is 0.333. The Bertz CT molecular complexity index is 714. The molecular weight excluding hydrogens is 280 g/mol. The topological polar surface area (TPSA) is 93.4 Å². The summed E-state index contributed by atoms with van der Waals surface area (Å²) in [7, 11) is 0. The molecule has 0 aromatic carbocycles. The molecule has 22 heavy (non-hydrogen) atoms. The maximum atomic E-state index is 5.92. The lowest BCUT2D eigenvalue weighted by Crippen LogP contribution is -2.39. The lowest BCUT2D eigenvalue weighted by atomic mass is 10.1. The molecule has 7 heteroatoms. The van der Waals surface area contributed by atoms with Crippen molar-refractivity contribution in [1.29, 1.82) is 0 Å². The molecule has 7 nitrogen and oxygen atoms in total. The summed E-state index contributed by atoms with van der Waals surface area (Å²) in [4.78, 5) is 19.5. The average molecular weight is 298 g/mol. The highest BCUT2D eigenvalue weighted by Crippen LogP contribution is 2.18. The Morgan fingerprint density at radius 3 is 2.64 bits per heavy atom. The van der Waals surface area contributed by atoms with Crippen LogP contribution in [-0.4, -0.2) is 31.6 Å². The van der Waals surface area contributed by atoms with E-state index in [1.807, 2.05) is 31.7 Å². The van der Waals surface area contributed by atoms with Crippen molar-refractivity contribution >= 4 is 5.71 Å². The number of oxazole rings is 1. The minimum atomic E-state index is -0.0321. The van der Waals surface area contributed by atoms with Crippen LogP contribution in [0.15, 0.2) is 40.0 Å². The molecule has 1 atom stereocenters. The number of aromatic nitrogens is 3. The van der Waals surface area contributed by atoms with Crippen LogP contribution in [0.5, 0.6) is 0 Å². The molecule has 0 spiro atoms. The fourth-order valence-electron chi connectivity index (χ4n) is 2.49. The van der Waals surface area contributed by atoms with E-state index in [1.54, 1.807) is 12.4 Å². The Balaban J connectivity index is 1.87. The number of nitrogens with zero attached hydrogens (tertiary/aromatic N) is 5. The molecule has 0 fully saturated rings. The second-order valence-corrected chi connectivity index (χ2v) is 5.30. The zero-order valence-corrected chi connectivity index (χ0v) is 12.8. The van der Waals surface area contributed by atoms with Crippen molar-refractivity contribution in [2.45, 2.75) is 33.4 Å². The maximum absolute atomic E-state index is 5.92. The molecule has 0 amide bonds. The molecule has 3 rings (SSSR count). The van der Waals surface area contributed by atoms with Crippen LogP contribution in [0, 0.1) is 13.8 Å². The number of rotatable bonds is 3. The first kappa shape index (κ1) is 14.2. The smallest absolute Gasteiger partial charge is 0.242 e. The largest absolute Gasteiger partial charge is 0.444 e.